The second-order valence-electron chi connectivity index (χ2n) is 10.1. The first-order valence-corrected chi connectivity index (χ1v) is 11.6. The van der Waals surface area contributed by atoms with Crippen LogP contribution in [-0.4, -0.2) is 51.7 Å². The summed E-state index contributed by atoms with van der Waals surface area (Å²) in [7, 11) is 0. The number of aryl methyl sites for hydroxylation is 1. The van der Waals surface area contributed by atoms with E-state index in [0.717, 1.165) is 6.42 Å². The number of amides is 1. The fourth-order valence-electron chi connectivity index (χ4n) is 5.17. The number of pyridine rings is 1. The number of halogens is 4. The number of hydrogen-bond acceptors (Lipinski definition) is 5. The normalized spacial score (nSPS) is 21.4. The maximum Gasteiger partial charge on any atom is 0.434 e. The standard InChI is InChI=1S/C23H27ClF3N5O2/c1-13-15(24)16-17(29-13)18(14(11-28)19(30-16)23(25,26)27)31-9-5-7-22(12-31)8-6-10-32(22)20(33)34-21(2,3)4/h29H,5-10,12H2,1-4H3. The Morgan fingerprint density at radius 2 is 1.88 bits per heavy atom. The molecule has 0 aliphatic carbocycles. The van der Waals surface area contributed by atoms with Crippen LogP contribution in [0.15, 0.2) is 0 Å². The molecule has 184 valence electrons. The summed E-state index contributed by atoms with van der Waals surface area (Å²) in [5, 5.41) is 9.90. The fourth-order valence-corrected chi connectivity index (χ4v) is 5.35. The lowest BCUT2D eigenvalue weighted by atomic mass is 9.86. The number of fused-ring (bicyclic) bond motifs is 1. The number of carbonyl (C=O) groups is 1. The highest BCUT2D eigenvalue weighted by Gasteiger charge is 2.49. The number of nitrogens with one attached hydrogen (secondary N) is 1. The second-order valence-corrected chi connectivity index (χ2v) is 10.4. The van der Waals surface area contributed by atoms with Crippen molar-refractivity contribution in [2.24, 2.45) is 0 Å². The summed E-state index contributed by atoms with van der Waals surface area (Å²) >= 11 is 6.28. The van der Waals surface area contributed by atoms with Crippen molar-refractivity contribution in [2.75, 3.05) is 24.5 Å². The molecule has 7 nitrogen and oxygen atoms in total. The Kier molecular flexibility index (Phi) is 5.91. The zero-order chi connectivity index (χ0) is 25.1. The van der Waals surface area contributed by atoms with Gasteiger partial charge in [0.25, 0.3) is 0 Å². The molecule has 1 atom stereocenters. The number of nitrogens with zero attached hydrogens (tertiary/aromatic N) is 4. The molecule has 2 aromatic rings. The van der Waals surface area contributed by atoms with E-state index in [0.29, 0.717) is 43.6 Å². The monoisotopic (exact) mass is 497 g/mol. The maximum absolute atomic E-state index is 13.9. The summed E-state index contributed by atoms with van der Waals surface area (Å²) in [6.07, 6.45) is -2.44. The molecule has 1 N–H and O–H groups in total. The largest absolute Gasteiger partial charge is 0.444 e. The van der Waals surface area contributed by atoms with Gasteiger partial charge in [-0.05, 0) is 53.4 Å². The average molecular weight is 498 g/mol. The molecule has 11 heteroatoms. The molecule has 0 bridgehead atoms. The highest BCUT2D eigenvalue weighted by molar-refractivity contribution is 6.36. The highest BCUT2D eigenvalue weighted by atomic mass is 35.5. The van der Waals surface area contributed by atoms with E-state index in [9.17, 15) is 23.2 Å². The molecule has 0 saturated carbocycles. The van der Waals surface area contributed by atoms with Crippen LogP contribution < -0.4 is 4.90 Å². The molecule has 1 amide bonds. The molecule has 2 aromatic heterocycles. The van der Waals surface area contributed by atoms with Crippen LogP contribution in [0.1, 0.15) is 63.4 Å². The van der Waals surface area contributed by atoms with Crippen molar-refractivity contribution in [1.82, 2.24) is 14.9 Å². The summed E-state index contributed by atoms with van der Waals surface area (Å²) in [5.74, 6) is 0. The van der Waals surface area contributed by atoms with E-state index in [1.54, 1.807) is 43.6 Å². The van der Waals surface area contributed by atoms with Crippen molar-refractivity contribution in [3.63, 3.8) is 0 Å². The fraction of sp³-hybridized carbons (Fsp3) is 0.609. The topological polar surface area (TPSA) is 85.3 Å². The van der Waals surface area contributed by atoms with Gasteiger partial charge in [-0.15, -0.1) is 0 Å². The summed E-state index contributed by atoms with van der Waals surface area (Å²) in [4.78, 5) is 23.3. The van der Waals surface area contributed by atoms with Crippen molar-refractivity contribution in [3.8, 4) is 6.07 Å². The molecule has 1 unspecified atom stereocenters. The van der Waals surface area contributed by atoms with E-state index in [1.165, 1.54) is 0 Å². The predicted molar refractivity (Wildman–Crippen MR) is 122 cm³/mol. The minimum absolute atomic E-state index is 0.0180. The number of nitriles is 1. The summed E-state index contributed by atoms with van der Waals surface area (Å²) in [6.45, 7) is 8.27. The van der Waals surface area contributed by atoms with Crippen molar-refractivity contribution in [3.05, 3.63) is 22.0 Å². The van der Waals surface area contributed by atoms with Gasteiger partial charge >= 0.3 is 12.3 Å². The Labute approximate surface area is 200 Å². The van der Waals surface area contributed by atoms with Crippen LogP contribution in [0.4, 0.5) is 23.7 Å². The first-order valence-electron chi connectivity index (χ1n) is 11.2. The molecule has 2 fully saturated rings. The third kappa shape index (κ3) is 4.15. The van der Waals surface area contributed by atoms with Crippen molar-refractivity contribution in [1.29, 1.82) is 5.26 Å². The van der Waals surface area contributed by atoms with Crippen molar-refractivity contribution in [2.45, 2.75) is 70.7 Å². The minimum Gasteiger partial charge on any atom is -0.444 e. The predicted octanol–water partition coefficient (Wildman–Crippen LogP) is 5.79. The van der Waals surface area contributed by atoms with Gasteiger partial charge in [0.1, 0.15) is 22.8 Å². The molecule has 4 heterocycles. The first-order chi connectivity index (χ1) is 15.8. The number of aromatic nitrogens is 2. The zero-order valence-electron chi connectivity index (χ0n) is 19.6. The number of aromatic amines is 1. The summed E-state index contributed by atoms with van der Waals surface area (Å²) < 4.78 is 47.4. The van der Waals surface area contributed by atoms with Gasteiger partial charge in [0.05, 0.1) is 21.8 Å². The quantitative estimate of drug-likeness (QED) is 0.539. The van der Waals surface area contributed by atoms with Crippen LogP contribution in [0.5, 0.6) is 0 Å². The van der Waals surface area contributed by atoms with Gasteiger partial charge in [0, 0.05) is 25.3 Å². The highest BCUT2D eigenvalue weighted by Crippen LogP contribution is 2.45. The van der Waals surface area contributed by atoms with Crippen molar-refractivity contribution < 1.29 is 22.7 Å². The van der Waals surface area contributed by atoms with E-state index in [2.05, 4.69) is 9.97 Å². The van der Waals surface area contributed by atoms with E-state index in [-0.39, 0.29) is 22.8 Å². The summed E-state index contributed by atoms with van der Waals surface area (Å²) in [6, 6.07) is 1.74. The molecule has 2 saturated heterocycles. The molecule has 1 spiro atoms. The lowest BCUT2D eigenvalue weighted by molar-refractivity contribution is -0.141. The van der Waals surface area contributed by atoms with Gasteiger partial charge < -0.3 is 19.5 Å². The number of H-pyrrole nitrogens is 1. The third-order valence-electron chi connectivity index (χ3n) is 6.48. The third-order valence-corrected chi connectivity index (χ3v) is 6.95. The van der Waals surface area contributed by atoms with Crippen LogP contribution in [-0.2, 0) is 10.9 Å². The Hall–Kier alpha value is -2.67. The Morgan fingerprint density at radius 1 is 1.24 bits per heavy atom. The Bertz CT molecular complexity index is 1180. The van der Waals surface area contributed by atoms with Crippen LogP contribution in [0.3, 0.4) is 0 Å². The lowest BCUT2D eigenvalue weighted by Gasteiger charge is -2.46. The number of rotatable bonds is 1. The van der Waals surface area contributed by atoms with Crippen LogP contribution >= 0.6 is 11.6 Å². The first kappa shape index (κ1) is 24.5. The van der Waals surface area contributed by atoms with E-state index >= 15 is 0 Å². The number of ether oxygens (including phenoxy) is 1. The Morgan fingerprint density at radius 3 is 2.47 bits per heavy atom. The number of hydrogen-bond donors (Lipinski definition) is 1. The van der Waals surface area contributed by atoms with Crippen LogP contribution in [0.25, 0.3) is 11.0 Å². The van der Waals surface area contributed by atoms with E-state index in [4.69, 9.17) is 16.3 Å². The SMILES string of the molecule is Cc1[nH]c2c(N3CCCC4(CCCN4C(=O)OC(C)(C)C)C3)c(C#N)c(C(F)(F)F)nc2c1Cl. The average Bonchev–Trinajstić information content (AvgIpc) is 3.25. The van der Waals surface area contributed by atoms with Crippen LogP contribution in [0, 0.1) is 18.3 Å². The van der Waals surface area contributed by atoms with E-state index < -0.39 is 34.7 Å². The summed E-state index contributed by atoms with van der Waals surface area (Å²) in [5.41, 5.74) is -2.18. The molecule has 2 aliphatic heterocycles. The molecular weight excluding hydrogens is 471 g/mol. The van der Waals surface area contributed by atoms with Gasteiger partial charge in [-0.3, -0.25) is 0 Å². The number of piperidine rings is 1. The number of alkyl halides is 3. The minimum atomic E-state index is -4.83. The van der Waals surface area contributed by atoms with Gasteiger partial charge in [-0.2, -0.15) is 18.4 Å². The van der Waals surface area contributed by atoms with Crippen LogP contribution in [0.2, 0.25) is 5.02 Å². The maximum atomic E-state index is 13.9. The Balaban J connectivity index is 1.83. The lowest BCUT2D eigenvalue weighted by Crippen LogP contribution is -2.58. The molecular formula is C23H27ClF3N5O2. The number of likely N-dealkylation sites (tertiary alicyclic amines) is 1. The smallest absolute Gasteiger partial charge is 0.434 e. The number of anilines is 1. The molecule has 4 rings (SSSR count). The molecule has 34 heavy (non-hydrogen) atoms. The van der Waals surface area contributed by atoms with Gasteiger partial charge in [-0.1, -0.05) is 11.6 Å². The molecule has 2 aliphatic rings. The van der Waals surface area contributed by atoms with Gasteiger partial charge in [-0.25, -0.2) is 9.78 Å². The molecule has 0 radical (unpaired) electrons. The van der Waals surface area contributed by atoms with Crippen molar-refractivity contribution >= 4 is 34.4 Å². The van der Waals surface area contributed by atoms with Gasteiger partial charge in [0.15, 0.2) is 5.69 Å². The van der Waals surface area contributed by atoms with E-state index in [1.807, 2.05) is 0 Å². The second kappa shape index (κ2) is 8.22. The van der Waals surface area contributed by atoms with Gasteiger partial charge in [0.2, 0.25) is 0 Å². The zero-order valence-corrected chi connectivity index (χ0v) is 20.3. The number of carbonyl (C=O) groups excluding carboxylic acids is 1. The molecule has 0 aromatic carbocycles.